The van der Waals surface area contributed by atoms with Gasteiger partial charge in [0.15, 0.2) is 0 Å². The molecule has 0 bridgehead atoms. The summed E-state index contributed by atoms with van der Waals surface area (Å²) >= 11 is 0. The van der Waals surface area contributed by atoms with E-state index in [1.54, 1.807) is 0 Å². The third-order valence-electron chi connectivity index (χ3n) is 4.78. The van der Waals surface area contributed by atoms with Crippen molar-refractivity contribution in [1.29, 1.82) is 0 Å². The van der Waals surface area contributed by atoms with E-state index in [0.717, 1.165) is 25.6 Å². The molecule has 1 N–H and O–H groups in total. The molecule has 3 fully saturated rings. The summed E-state index contributed by atoms with van der Waals surface area (Å²) in [6.07, 6.45) is 7.08. The lowest BCUT2D eigenvalue weighted by Gasteiger charge is -2.36. The second-order valence-corrected chi connectivity index (χ2v) is 6.32. The van der Waals surface area contributed by atoms with Crippen molar-refractivity contribution >= 4 is 0 Å². The maximum Gasteiger partial charge on any atom is 0.0834 e. The first-order valence-electron chi connectivity index (χ1n) is 8.06. The Hall–Kier alpha value is -0.160. The lowest BCUT2D eigenvalue weighted by atomic mass is 9.96. The van der Waals surface area contributed by atoms with E-state index in [1.807, 2.05) is 0 Å². The minimum Gasteiger partial charge on any atom is -0.379 e. The van der Waals surface area contributed by atoms with Crippen LogP contribution >= 0.6 is 0 Å². The second kappa shape index (κ2) is 7.02. The molecule has 0 radical (unpaired) electrons. The van der Waals surface area contributed by atoms with Crippen LogP contribution in [0.15, 0.2) is 0 Å². The monoisotopic (exact) mass is 268 g/mol. The van der Waals surface area contributed by atoms with Gasteiger partial charge < -0.3 is 19.7 Å². The summed E-state index contributed by atoms with van der Waals surface area (Å²) in [5.41, 5.74) is 0. The van der Waals surface area contributed by atoms with Gasteiger partial charge in [0, 0.05) is 26.2 Å². The number of piperidine rings is 2. The van der Waals surface area contributed by atoms with Crippen LogP contribution in [0.2, 0.25) is 0 Å². The van der Waals surface area contributed by atoms with Gasteiger partial charge in [-0.05, 0) is 51.1 Å². The molecule has 0 amide bonds. The molecule has 3 aliphatic heterocycles. The number of likely N-dealkylation sites (tertiary alicyclic amines) is 1. The Morgan fingerprint density at radius 3 is 2.47 bits per heavy atom. The van der Waals surface area contributed by atoms with Crippen LogP contribution in [-0.2, 0) is 9.47 Å². The standard InChI is InChI=1S/C15H28N2O2/c1-6-16-7-2-13(1)11-17-8-3-14(4-9-17)19-15-5-10-18-12-15/h13-16H,1-12H2. The van der Waals surface area contributed by atoms with Crippen LogP contribution in [0, 0.1) is 5.92 Å². The number of hydrogen-bond donors (Lipinski definition) is 1. The van der Waals surface area contributed by atoms with Gasteiger partial charge in [0.25, 0.3) is 0 Å². The minimum atomic E-state index is 0.376. The fourth-order valence-corrected chi connectivity index (χ4v) is 3.55. The first kappa shape index (κ1) is 13.8. The zero-order valence-electron chi connectivity index (χ0n) is 12.0. The largest absolute Gasteiger partial charge is 0.379 e. The van der Waals surface area contributed by atoms with Crippen molar-refractivity contribution < 1.29 is 9.47 Å². The lowest BCUT2D eigenvalue weighted by Crippen LogP contribution is -2.42. The second-order valence-electron chi connectivity index (χ2n) is 6.32. The number of rotatable bonds is 4. The molecule has 1 unspecified atom stereocenters. The molecule has 3 heterocycles. The molecule has 4 heteroatoms. The van der Waals surface area contributed by atoms with Gasteiger partial charge in [0.1, 0.15) is 0 Å². The molecule has 0 aromatic rings. The van der Waals surface area contributed by atoms with Gasteiger partial charge >= 0.3 is 0 Å². The Morgan fingerprint density at radius 1 is 1.00 bits per heavy atom. The molecule has 3 aliphatic rings. The zero-order chi connectivity index (χ0) is 12.9. The molecule has 110 valence electrons. The first-order chi connectivity index (χ1) is 9.40. The highest BCUT2D eigenvalue weighted by Crippen LogP contribution is 2.21. The van der Waals surface area contributed by atoms with Crippen molar-refractivity contribution in [2.75, 3.05) is 45.9 Å². The molecule has 1 atom stereocenters. The minimum absolute atomic E-state index is 0.376. The van der Waals surface area contributed by atoms with Gasteiger partial charge in [-0.15, -0.1) is 0 Å². The molecule has 4 nitrogen and oxygen atoms in total. The van der Waals surface area contributed by atoms with E-state index >= 15 is 0 Å². The van der Waals surface area contributed by atoms with Gasteiger partial charge in [0.05, 0.1) is 18.8 Å². The average molecular weight is 268 g/mol. The van der Waals surface area contributed by atoms with Crippen LogP contribution in [0.25, 0.3) is 0 Å². The first-order valence-corrected chi connectivity index (χ1v) is 8.06. The molecule has 0 aromatic heterocycles. The third kappa shape index (κ3) is 4.15. The van der Waals surface area contributed by atoms with Crippen LogP contribution in [0.4, 0.5) is 0 Å². The summed E-state index contributed by atoms with van der Waals surface area (Å²) in [4.78, 5) is 2.65. The smallest absolute Gasteiger partial charge is 0.0834 e. The van der Waals surface area contributed by atoms with Gasteiger partial charge in [-0.2, -0.15) is 0 Å². The molecule has 0 spiro atoms. The van der Waals surface area contributed by atoms with E-state index in [-0.39, 0.29) is 0 Å². The highest BCUT2D eigenvalue weighted by Gasteiger charge is 2.26. The number of nitrogens with one attached hydrogen (secondary N) is 1. The van der Waals surface area contributed by atoms with E-state index in [2.05, 4.69) is 10.2 Å². The topological polar surface area (TPSA) is 33.7 Å². The molecule has 3 saturated heterocycles. The van der Waals surface area contributed by atoms with Crippen LogP contribution in [-0.4, -0.2) is 63.0 Å². The summed E-state index contributed by atoms with van der Waals surface area (Å²) in [6, 6.07) is 0. The molecule has 0 aliphatic carbocycles. The van der Waals surface area contributed by atoms with Crippen molar-refractivity contribution in [3.63, 3.8) is 0 Å². The maximum absolute atomic E-state index is 6.13. The van der Waals surface area contributed by atoms with Crippen molar-refractivity contribution in [2.45, 2.75) is 44.3 Å². The number of ether oxygens (including phenoxy) is 2. The Morgan fingerprint density at radius 2 is 1.79 bits per heavy atom. The van der Waals surface area contributed by atoms with Gasteiger partial charge in [0.2, 0.25) is 0 Å². The van der Waals surface area contributed by atoms with Crippen LogP contribution in [0.1, 0.15) is 32.1 Å². The predicted molar refractivity (Wildman–Crippen MR) is 75.4 cm³/mol. The van der Waals surface area contributed by atoms with E-state index in [4.69, 9.17) is 9.47 Å². The van der Waals surface area contributed by atoms with Crippen molar-refractivity contribution in [1.82, 2.24) is 10.2 Å². The lowest BCUT2D eigenvalue weighted by molar-refractivity contribution is -0.0456. The van der Waals surface area contributed by atoms with Crippen LogP contribution in [0.3, 0.4) is 0 Å². The quantitative estimate of drug-likeness (QED) is 0.832. The van der Waals surface area contributed by atoms with Gasteiger partial charge in [-0.1, -0.05) is 0 Å². The maximum atomic E-state index is 6.13. The van der Waals surface area contributed by atoms with E-state index in [1.165, 1.54) is 58.4 Å². The summed E-state index contributed by atoms with van der Waals surface area (Å²) in [5, 5.41) is 3.45. The van der Waals surface area contributed by atoms with Gasteiger partial charge in [-0.25, -0.2) is 0 Å². The predicted octanol–water partition coefficient (Wildman–Crippen LogP) is 1.26. The SMILES string of the molecule is C1CC(CN2CCC(OC3CCOC3)CC2)CCN1. The van der Waals surface area contributed by atoms with Gasteiger partial charge in [-0.3, -0.25) is 0 Å². The molecular formula is C15H28N2O2. The fraction of sp³-hybridized carbons (Fsp3) is 1.00. The van der Waals surface area contributed by atoms with Crippen LogP contribution in [0.5, 0.6) is 0 Å². The highest BCUT2D eigenvalue weighted by atomic mass is 16.5. The Balaban J connectivity index is 1.34. The Labute approximate surface area is 116 Å². The number of hydrogen-bond acceptors (Lipinski definition) is 4. The normalized spacial score (nSPS) is 31.9. The van der Waals surface area contributed by atoms with Crippen LogP contribution < -0.4 is 5.32 Å². The highest BCUT2D eigenvalue weighted by molar-refractivity contribution is 4.78. The van der Waals surface area contributed by atoms with E-state index in [0.29, 0.717) is 12.2 Å². The molecule has 0 aromatic carbocycles. The van der Waals surface area contributed by atoms with Crippen molar-refractivity contribution in [3.05, 3.63) is 0 Å². The number of nitrogens with zero attached hydrogens (tertiary/aromatic N) is 1. The zero-order valence-corrected chi connectivity index (χ0v) is 12.0. The Kier molecular flexibility index (Phi) is 5.10. The van der Waals surface area contributed by atoms with E-state index < -0.39 is 0 Å². The molecule has 0 saturated carbocycles. The summed E-state index contributed by atoms with van der Waals surface area (Å²) in [5.74, 6) is 0.918. The molecular weight excluding hydrogens is 240 g/mol. The van der Waals surface area contributed by atoms with Crippen molar-refractivity contribution in [2.24, 2.45) is 5.92 Å². The molecule has 3 rings (SSSR count). The van der Waals surface area contributed by atoms with Crippen molar-refractivity contribution in [3.8, 4) is 0 Å². The third-order valence-corrected chi connectivity index (χ3v) is 4.78. The van der Waals surface area contributed by atoms with E-state index in [9.17, 15) is 0 Å². The average Bonchev–Trinajstić information content (AvgIpc) is 2.95. The summed E-state index contributed by atoms with van der Waals surface area (Å²) < 4.78 is 11.5. The molecule has 19 heavy (non-hydrogen) atoms. The summed E-state index contributed by atoms with van der Waals surface area (Å²) in [6.45, 7) is 7.89. The fourth-order valence-electron chi connectivity index (χ4n) is 3.55. The Bertz CT molecular complexity index is 255. The summed E-state index contributed by atoms with van der Waals surface area (Å²) in [7, 11) is 0.